The highest BCUT2D eigenvalue weighted by Gasteiger charge is 2.00. The Hall–Kier alpha value is -0.850. The van der Waals surface area contributed by atoms with Gasteiger partial charge in [-0.25, -0.2) is 4.57 Å². The topological polar surface area (TPSA) is 3.88 Å². The molecule has 0 amide bonds. The van der Waals surface area contributed by atoms with Gasteiger partial charge in [0.2, 0.25) is 0 Å². The molecule has 0 saturated carbocycles. The number of pyridine rings is 1. The van der Waals surface area contributed by atoms with Crippen LogP contribution in [0.5, 0.6) is 0 Å². The Morgan fingerprint density at radius 1 is 0.778 bits per heavy atom. The van der Waals surface area contributed by atoms with Crippen LogP contribution in [0.1, 0.15) is 70.8 Å². The Balaban J connectivity index is 2.20. The summed E-state index contributed by atoms with van der Waals surface area (Å²) in [5.74, 6) is 0. The first-order chi connectivity index (χ1) is 8.86. The fourth-order valence-electron chi connectivity index (χ4n) is 2.28. The molecule has 18 heavy (non-hydrogen) atoms. The molecule has 0 fully saturated rings. The lowest BCUT2D eigenvalue weighted by Gasteiger charge is -2.01. The van der Waals surface area contributed by atoms with Gasteiger partial charge in [-0.3, -0.25) is 0 Å². The van der Waals surface area contributed by atoms with Crippen LogP contribution in [0, 0.1) is 0 Å². The molecule has 1 heterocycles. The summed E-state index contributed by atoms with van der Waals surface area (Å²) in [6.45, 7) is 5.71. The van der Waals surface area contributed by atoms with Gasteiger partial charge in [-0.05, 0) is 24.8 Å². The maximum atomic E-state index is 2.32. The maximum Gasteiger partial charge on any atom is 0.169 e. The smallest absolute Gasteiger partial charge is 0.169 e. The first kappa shape index (κ1) is 15.2. The second kappa shape index (κ2) is 10.1. The van der Waals surface area contributed by atoms with Crippen molar-refractivity contribution < 1.29 is 4.57 Å². The highest BCUT2D eigenvalue weighted by molar-refractivity contribution is 5.07. The Morgan fingerprint density at radius 2 is 1.39 bits per heavy atom. The van der Waals surface area contributed by atoms with E-state index in [1.807, 2.05) is 0 Å². The number of aromatic nitrogens is 1. The quantitative estimate of drug-likeness (QED) is 0.418. The normalized spacial score (nSPS) is 10.8. The third-order valence-corrected chi connectivity index (χ3v) is 3.55. The molecular weight excluding hydrogens is 218 g/mol. The Kier molecular flexibility index (Phi) is 8.54. The summed E-state index contributed by atoms with van der Waals surface area (Å²) >= 11 is 0. The van der Waals surface area contributed by atoms with E-state index >= 15 is 0 Å². The summed E-state index contributed by atoms with van der Waals surface area (Å²) in [7, 11) is 0. The van der Waals surface area contributed by atoms with E-state index < -0.39 is 0 Å². The average Bonchev–Trinajstić information content (AvgIpc) is 2.41. The highest BCUT2D eigenvalue weighted by atomic mass is 14.9. The molecule has 0 aliphatic carbocycles. The van der Waals surface area contributed by atoms with Crippen molar-refractivity contribution >= 4 is 0 Å². The molecule has 0 saturated heterocycles. The van der Waals surface area contributed by atoms with Crippen LogP contribution in [-0.2, 0) is 13.0 Å². The SMILES string of the molecule is CCCCCCc1cc[n+](CCCCCC)cc1. The third-order valence-electron chi connectivity index (χ3n) is 3.55. The van der Waals surface area contributed by atoms with Crippen molar-refractivity contribution in [2.45, 2.75) is 78.2 Å². The minimum absolute atomic E-state index is 1.18. The van der Waals surface area contributed by atoms with Gasteiger partial charge in [0, 0.05) is 18.6 Å². The molecule has 102 valence electrons. The second-order valence-corrected chi connectivity index (χ2v) is 5.32. The number of hydrogen-bond donors (Lipinski definition) is 0. The molecule has 0 radical (unpaired) electrons. The average molecular weight is 248 g/mol. The minimum Gasteiger partial charge on any atom is -0.205 e. The predicted molar refractivity (Wildman–Crippen MR) is 78.6 cm³/mol. The van der Waals surface area contributed by atoms with Crippen molar-refractivity contribution in [2.75, 3.05) is 0 Å². The first-order valence-corrected chi connectivity index (χ1v) is 7.84. The van der Waals surface area contributed by atoms with Crippen molar-refractivity contribution in [1.29, 1.82) is 0 Å². The number of hydrogen-bond acceptors (Lipinski definition) is 0. The molecule has 0 N–H and O–H groups in total. The molecule has 0 aliphatic heterocycles. The zero-order chi connectivity index (χ0) is 13.1. The van der Waals surface area contributed by atoms with E-state index in [4.69, 9.17) is 0 Å². The number of nitrogens with zero attached hydrogens (tertiary/aromatic N) is 1. The molecule has 1 aromatic heterocycles. The van der Waals surface area contributed by atoms with Crippen molar-refractivity contribution in [3.05, 3.63) is 30.1 Å². The van der Waals surface area contributed by atoms with Crippen molar-refractivity contribution in [1.82, 2.24) is 0 Å². The lowest BCUT2D eigenvalue weighted by Crippen LogP contribution is -2.32. The van der Waals surface area contributed by atoms with Crippen LogP contribution in [0.4, 0.5) is 0 Å². The monoisotopic (exact) mass is 248 g/mol. The molecule has 0 aromatic carbocycles. The van der Waals surface area contributed by atoms with Gasteiger partial charge in [0.15, 0.2) is 12.4 Å². The van der Waals surface area contributed by atoms with E-state index in [9.17, 15) is 0 Å². The van der Waals surface area contributed by atoms with Crippen molar-refractivity contribution in [2.24, 2.45) is 0 Å². The summed E-state index contributed by atoms with van der Waals surface area (Å²) in [4.78, 5) is 0. The van der Waals surface area contributed by atoms with Gasteiger partial charge in [-0.15, -0.1) is 0 Å². The van der Waals surface area contributed by atoms with Gasteiger partial charge < -0.3 is 0 Å². The number of unbranched alkanes of at least 4 members (excludes halogenated alkanes) is 6. The molecule has 0 unspecified atom stereocenters. The molecule has 1 heteroatoms. The van der Waals surface area contributed by atoms with Crippen LogP contribution in [0.2, 0.25) is 0 Å². The molecule has 0 bridgehead atoms. The van der Waals surface area contributed by atoms with Crippen molar-refractivity contribution in [3.8, 4) is 0 Å². The Bertz CT molecular complexity index is 258. The molecule has 1 rings (SSSR count). The molecule has 1 nitrogen and oxygen atoms in total. The first-order valence-electron chi connectivity index (χ1n) is 7.84. The van der Waals surface area contributed by atoms with E-state index in [1.165, 1.54) is 69.9 Å². The summed E-state index contributed by atoms with van der Waals surface area (Å²) < 4.78 is 2.32. The van der Waals surface area contributed by atoms with Gasteiger partial charge >= 0.3 is 0 Å². The summed E-state index contributed by atoms with van der Waals surface area (Å²) in [6.07, 6.45) is 16.5. The standard InChI is InChI=1S/C17H30N/c1-3-5-7-9-11-17-12-15-18(16-13-17)14-10-8-6-4-2/h12-13,15-16H,3-11,14H2,1-2H3/q+1. The van der Waals surface area contributed by atoms with E-state index in [0.29, 0.717) is 0 Å². The van der Waals surface area contributed by atoms with Crippen LogP contribution in [0.25, 0.3) is 0 Å². The summed E-state index contributed by atoms with van der Waals surface area (Å²) in [6, 6.07) is 4.59. The molecular formula is C17H30N+. The van der Waals surface area contributed by atoms with E-state index in [0.717, 1.165) is 0 Å². The fourth-order valence-corrected chi connectivity index (χ4v) is 2.28. The fraction of sp³-hybridized carbons (Fsp3) is 0.706. The van der Waals surface area contributed by atoms with Gasteiger partial charge in [0.05, 0.1) is 0 Å². The third kappa shape index (κ3) is 6.78. The zero-order valence-corrected chi connectivity index (χ0v) is 12.3. The largest absolute Gasteiger partial charge is 0.205 e. The lowest BCUT2D eigenvalue weighted by atomic mass is 10.1. The van der Waals surface area contributed by atoms with Crippen LogP contribution in [0.15, 0.2) is 24.5 Å². The van der Waals surface area contributed by atoms with Crippen molar-refractivity contribution in [3.63, 3.8) is 0 Å². The predicted octanol–water partition coefficient (Wildman–Crippen LogP) is 4.68. The second-order valence-electron chi connectivity index (χ2n) is 5.32. The van der Waals surface area contributed by atoms with Crippen LogP contribution < -0.4 is 4.57 Å². The summed E-state index contributed by atoms with van der Waals surface area (Å²) in [5.41, 5.74) is 1.50. The van der Waals surface area contributed by atoms with Gasteiger partial charge in [-0.1, -0.05) is 46.0 Å². The molecule has 0 aliphatic rings. The molecule has 0 spiro atoms. The maximum absolute atomic E-state index is 2.32. The number of rotatable bonds is 10. The zero-order valence-electron chi connectivity index (χ0n) is 12.3. The summed E-state index contributed by atoms with van der Waals surface area (Å²) in [5, 5.41) is 0. The Labute approximate surface area is 113 Å². The van der Waals surface area contributed by atoms with E-state index in [2.05, 4.69) is 42.9 Å². The van der Waals surface area contributed by atoms with Gasteiger partial charge in [0.1, 0.15) is 6.54 Å². The van der Waals surface area contributed by atoms with E-state index in [-0.39, 0.29) is 0 Å². The highest BCUT2D eigenvalue weighted by Crippen LogP contribution is 2.06. The van der Waals surface area contributed by atoms with Gasteiger partial charge in [0.25, 0.3) is 0 Å². The minimum atomic E-state index is 1.18. The molecule has 1 aromatic rings. The van der Waals surface area contributed by atoms with Crippen LogP contribution in [-0.4, -0.2) is 0 Å². The van der Waals surface area contributed by atoms with Crippen LogP contribution >= 0.6 is 0 Å². The number of aryl methyl sites for hydroxylation is 2. The lowest BCUT2D eigenvalue weighted by molar-refractivity contribution is -0.697. The molecule has 0 atom stereocenters. The van der Waals surface area contributed by atoms with E-state index in [1.54, 1.807) is 0 Å². The Morgan fingerprint density at radius 3 is 2.00 bits per heavy atom. The van der Waals surface area contributed by atoms with Gasteiger partial charge in [-0.2, -0.15) is 0 Å². The van der Waals surface area contributed by atoms with Crippen LogP contribution in [0.3, 0.4) is 0 Å².